The van der Waals surface area contributed by atoms with Gasteiger partial charge in [-0.3, -0.25) is 9.55 Å². The summed E-state index contributed by atoms with van der Waals surface area (Å²) in [6, 6.07) is 12.6. The largest absolute Gasteiger partial charge is 0.433 e. The smallest absolute Gasteiger partial charge is 0.420 e. The number of fused-ring (bicyclic) bond motifs is 2. The van der Waals surface area contributed by atoms with Gasteiger partial charge >= 0.3 is 12.2 Å². The van der Waals surface area contributed by atoms with Gasteiger partial charge in [0.05, 0.1) is 22.3 Å². The number of hydrogen-bond acceptors (Lipinski definition) is 7. The normalized spacial score (nSPS) is 12.9. The minimum Gasteiger partial charge on any atom is -0.420 e. The predicted molar refractivity (Wildman–Crippen MR) is 133 cm³/mol. The quantitative estimate of drug-likeness (QED) is 0.421. The third-order valence-corrected chi connectivity index (χ3v) is 5.74. The number of amides is 1. The molecule has 0 fully saturated rings. The summed E-state index contributed by atoms with van der Waals surface area (Å²) in [6.45, 7) is 0.382. The fourth-order valence-corrected chi connectivity index (χ4v) is 3.81. The second kappa shape index (κ2) is 9.45. The molecule has 0 saturated carbocycles. The molecular weight excluding hydrogens is 487 g/mol. The highest BCUT2D eigenvalue weighted by Crippen LogP contribution is 2.28. The summed E-state index contributed by atoms with van der Waals surface area (Å²) in [5.41, 5.74) is 3.28. The van der Waals surface area contributed by atoms with Crippen molar-refractivity contribution in [3.8, 4) is 5.88 Å². The van der Waals surface area contributed by atoms with Crippen molar-refractivity contribution in [2.75, 3.05) is 31.0 Å². The fourth-order valence-electron chi connectivity index (χ4n) is 3.81. The molecule has 2 N–H and O–H groups in total. The zero-order chi connectivity index (χ0) is 26.2. The summed E-state index contributed by atoms with van der Waals surface area (Å²) in [5.74, 6) is 0.762. The van der Waals surface area contributed by atoms with Crippen molar-refractivity contribution in [1.29, 1.82) is 0 Å². The molecule has 1 aromatic carbocycles. The Morgan fingerprint density at radius 3 is 2.73 bits per heavy atom. The molecule has 12 heteroatoms. The minimum atomic E-state index is -4.51. The molecule has 3 aromatic heterocycles. The van der Waals surface area contributed by atoms with Gasteiger partial charge < -0.3 is 20.3 Å². The number of aromatic nitrogens is 3. The number of halogens is 3. The summed E-state index contributed by atoms with van der Waals surface area (Å²) in [5, 5.41) is 5.91. The van der Waals surface area contributed by atoms with Crippen LogP contribution >= 0.6 is 0 Å². The van der Waals surface area contributed by atoms with Crippen LogP contribution in [0, 0.1) is 0 Å². The first-order valence-corrected chi connectivity index (χ1v) is 11.3. The molecule has 0 radical (unpaired) electrons. The number of nitrogens with one attached hydrogen (secondary N) is 2. The van der Waals surface area contributed by atoms with Crippen LogP contribution in [0.5, 0.6) is 5.88 Å². The molecule has 0 unspecified atom stereocenters. The van der Waals surface area contributed by atoms with Gasteiger partial charge in [-0.05, 0) is 42.0 Å². The lowest BCUT2D eigenvalue weighted by molar-refractivity contribution is -0.141. The van der Waals surface area contributed by atoms with Crippen molar-refractivity contribution >= 4 is 34.3 Å². The maximum Gasteiger partial charge on any atom is 0.433 e. The lowest BCUT2D eigenvalue weighted by Crippen LogP contribution is -2.27. The number of ether oxygens (including phenoxy) is 1. The number of aliphatic imine (C=N–C) groups is 1. The van der Waals surface area contributed by atoms with E-state index in [1.807, 2.05) is 37.2 Å². The first-order valence-electron chi connectivity index (χ1n) is 11.3. The number of nitrogens with zero attached hydrogens (tertiary/aromatic N) is 5. The molecule has 1 amide bonds. The number of carbonyl (C=O) groups excluding carboxylic acids is 1. The van der Waals surface area contributed by atoms with Gasteiger partial charge in [-0.2, -0.15) is 13.2 Å². The lowest BCUT2D eigenvalue weighted by Gasteiger charge is -2.21. The van der Waals surface area contributed by atoms with E-state index >= 15 is 0 Å². The topological polar surface area (TPSA) is 96.7 Å². The van der Waals surface area contributed by atoms with E-state index in [1.165, 1.54) is 10.6 Å². The van der Waals surface area contributed by atoms with Crippen LogP contribution in [0.25, 0.3) is 11.0 Å². The van der Waals surface area contributed by atoms with Crippen molar-refractivity contribution in [3.63, 3.8) is 0 Å². The Labute approximate surface area is 209 Å². The fraction of sp³-hybridized carbons (Fsp3) is 0.200. The van der Waals surface area contributed by atoms with E-state index in [0.717, 1.165) is 29.2 Å². The van der Waals surface area contributed by atoms with Gasteiger partial charge in [-0.1, -0.05) is 6.07 Å². The number of pyridine rings is 2. The standard InChI is InChI=1S/C25H22F3N7O2/c1-34(2)16-4-5-17-19(11-16)31-14-32-23(17)37-22-8-6-20-18(33-22)9-10-35(20)24(36)30-13-15-3-7-21(29-12-15)25(26,27)28/h3-12,31H,13-14H2,1-2H3,(H,30,36). The molecule has 0 bridgehead atoms. The second-order valence-electron chi connectivity index (χ2n) is 8.47. The van der Waals surface area contributed by atoms with Crippen LogP contribution < -0.4 is 20.3 Å². The number of rotatable bonds is 4. The Morgan fingerprint density at radius 2 is 2.00 bits per heavy atom. The van der Waals surface area contributed by atoms with Crippen LogP contribution in [0.1, 0.15) is 16.8 Å². The van der Waals surface area contributed by atoms with E-state index in [9.17, 15) is 18.0 Å². The van der Waals surface area contributed by atoms with E-state index in [4.69, 9.17) is 4.74 Å². The molecule has 190 valence electrons. The van der Waals surface area contributed by atoms with E-state index in [0.29, 0.717) is 35.0 Å². The Hall–Kier alpha value is -4.61. The molecule has 9 nitrogen and oxygen atoms in total. The summed E-state index contributed by atoms with van der Waals surface area (Å²) >= 11 is 0. The monoisotopic (exact) mass is 509 g/mol. The highest BCUT2D eigenvalue weighted by atomic mass is 19.4. The summed E-state index contributed by atoms with van der Waals surface area (Å²) in [7, 11) is 3.93. The average molecular weight is 509 g/mol. The third-order valence-electron chi connectivity index (χ3n) is 5.74. The van der Waals surface area contributed by atoms with Crippen molar-refractivity contribution in [2.45, 2.75) is 12.7 Å². The van der Waals surface area contributed by atoms with Crippen molar-refractivity contribution in [3.05, 3.63) is 77.7 Å². The maximum absolute atomic E-state index is 12.7. The van der Waals surface area contributed by atoms with Crippen LogP contribution in [0.2, 0.25) is 0 Å². The van der Waals surface area contributed by atoms with Crippen LogP contribution in [0.15, 0.2) is 65.9 Å². The molecule has 0 saturated heterocycles. The van der Waals surface area contributed by atoms with Crippen LogP contribution in [0.3, 0.4) is 0 Å². The van der Waals surface area contributed by atoms with Gasteiger partial charge in [0.1, 0.15) is 12.4 Å². The highest BCUT2D eigenvalue weighted by Gasteiger charge is 2.32. The van der Waals surface area contributed by atoms with Crippen molar-refractivity contribution in [1.82, 2.24) is 19.9 Å². The third kappa shape index (κ3) is 5.03. The molecule has 4 aromatic rings. The van der Waals surface area contributed by atoms with Crippen LogP contribution in [0.4, 0.5) is 29.3 Å². The average Bonchev–Trinajstić information content (AvgIpc) is 3.30. The maximum atomic E-state index is 12.7. The Balaban J connectivity index is 1.28. The van der Waals surface area contributed by atoms with Gasteiger partial charge in [-0.25, -0.2) is 14.8 Å². The first-order chi connectivity index (χ1) is 17.7. The number of carbonyl (C=O) groups is 1. The van der Waals surface area contributed by atoms with E-state index < -0.39 is 17.9 Å². The van der Waals surface area contributed by atoms with E-state index in [-0.39, 0.29) is 6.54 Å². The van der Waals surface area contributed by atoms with Gasteiger partial charge in [0.15, 0.2) is 0 Å². The molecule has 0 spiro atoms. The molecule has 5 rings (SSSR count). The Morgan fingerprint density at radius 1 is 1.16 bits per heavy atom. The van der Waals surface area contributed by atoms with Gasteiger partial charge in [0.2, 0.25) is 11.8 Å². The summed E-state index contributed by atoms with van der Waals surface area (Å²) in [4.78, 5) is 27.0. The minimum absolute atomic E-state index is 0.0150. The highest BCUT2D eigenvalue weighted by molar-refractivity contribution is 6.02. The van der Waals surface area contributed by atoms with Crippen molar-refractivity contribution in [2.24, 2.45) is 4.99 Å². The molecule has 37 heavy (non-hydrogen) atoms. The number of anilines is 2. The summed E-state index contributed by atoms with van der Waals surface area (Å²) in [6.07, 6.45) is -1.87. The molecular formula is C25H22F3N7O2. The molecule has 1 aliphatic rings. The summed E-state index contributed by atoms with van der Waals surface area (Å²) < 4.78 is 45.4. The molecule has 1 aliphatic heterocycles. The van der Waals surface area contributed by atoms with E-state index in [2.05, 4.69) is 25.6 Å². The molecule has 0 aliphatic carbocycles. The van der Waals surface area contributed by atoms with Gasteiger partial charge in [0, 0.05) is 44.8 Å². The Bertz CT molecular complexity index is 1490. The lowest BCUT2D eigenvalue weighted by atomic mass is 10.1. The number of alkyl halides is 3. The van der Waals surface area contributed by atoms with Crippen molar-refractivity contribution < 1.29 is 22.7 Å². The Kier molecular flexibility index (Phi) is 6.15. The second-order valence-corrected chi connectivity index (χ2v) is 8.47. The van der Waals surface area contributed by atoms with Crippen LogP contribution in [-0.4, -0.2) is 47.2 Å². The number of hydrogen-bond donors (Lipinski definition) is 2. The van der Waals surface area contributed by atoms with E-state index in [1.54, 1.807) is 24.4 Å². The SMILES string of the molecule is CN(C)c1ccc2c(c1)NCN=C2Oc1ccc2c(ccn2C(=O)NCc2ccc(C(F)(F)F)nc2)n1. The zero-order valence-electron chi connectivity index (χ0n) is 19.9. The molecule has 4 heterocycles. The zero-order valence-corrected chi connectivity index (χ0v) is 19.9. The first kappa shape index (κ1) is 24.1. The van der Waals surface area contributed by atoms with Gasteiger partial charge in [0.25, 0.3) is 0 Å². The van der Waals surface area contributed by atoms with Gasteiger partial charge in [-0.15, -0.1) is 0 Å². The molecule has 0 atom stereocenters. The van der Waals surface area contributed by atoms with Crippen LogP contribution in [-0.2, 0) is 12.7 Å². The number of benzene rings is 1. The predicted octanol–water partition coefficient (Wildman–Crippen LogP) is 4.48.